The minimum absolute atomic E-state index is 0.0202. The fraction of sp³-hybridized carbons (Fsp3) is 0.500. The van der Waals surface area contributed by atoms with Crippen molar-refractivity contribution in [3.8, 4) is 0 Å². The standard InChI is InChI=1S/C14H23N3O3S/c1-10(2)16-14(18)9-15-12-7-5-6-8-13(12)21(19,20)17-11(3)4/h5-8,10-11,15,17H,9H2,1-4H3,(H,16,18). The van der Waals surface area contributed by atoms with E-state index in [4.69, 9.17) is 0 Å². The van der Waals surface area contributed by atoms with E-state index in [1.807, 2.05) is 13.8 Å². The van der Waals surface area contributed by atoms with E-state index in [-0.39, 0.29) is 29.4 Å². The van der Waals surface area contributed by atoms with Crippen LogP contribution in [-0.4, -0.2) is 33.0 Å². The van der Waals surface area contributed by atoms with E-state index in [1.54, 1.807) is 32.0 Å². The first-order valence-electron chi connectivity index (χ1n) is 6.87. The van der Waals surface area contributed by atoms with Crippen molar-refractivity contribution in [2.45, 2.75) is 44.7 Å². The van der Waals surface area contributed by atoms with Gasteiger partial charge in [0.05, 0.1) is 12.2 Å². The predicted molar refractivity (Wildman–Crippen MR) is 83.7 cm³/mol. The fourth-order valence-electron chi connectivity index (χ4n) is 1.77. The van der Waals surface area contributed by atoms with Crippen LogP contribution in [0.25, 0.3) is 0 Å². The minimum atomic E-state index is -3.61. The fourth-order valence-corrected chi connectivity index (χ4v) is 3.20. The van der Waals surface area contributed by atoms with Crippen molar-refractivity contribution < 1.29 is 13.2 Å². The zero-order valence-corrected chi connectivity index (χ0v) is 13.6. The van der Waals surface area contributed by atoms with Gasteiger partial charge in [0.25, 0.3) is 0 Å². The van der Waals surface area contributed by atoms with E-state index in [0.29, 0.717) is 5.69 Å². The molecule has 0 atom stereocenters. The van der Waals surface area contributed by atoms with Gasteiger partial charge in [-0.15, -0.1) is 0 Å². The number of anilines is 1. The third-order valence-corrected chi connectivity index (χ3v) is 4.17. The molecule has 0 aliphatic heterocycles. The van der Waals surface area contributed by atoms with Gasteiger partial charge < -0.3 is 10.6 Å². The summed E-state index contributed by atoms with van der Waals surface area (Å²) in [5, 5.41) is 5.60. The molecular formula is C14H23N3O3S. The van der Waals surface area contributed by atoms with E-state index < -0.39 is 10.0 Å². The molecule has 6 nitrogen and oxygen atoms in total. The maximum Gasteiger partial charge on any atom is 0.242 e. The molecule has 1 aromatic carbocycles. The van der Waals surface area contributed by atoms with Gasteiger partial charge in [0.1, 0.15) is 4.90 Å². The zero-order chi connectivity index (χ0) is 16.0. The average Bonchev–Trinajstić information content (AvgIpc) is 2.34. The highest BCUT2D eigenvalue weighted by Crippen LogP contribution is 2.20. The highest BCUT2D eigenvalue weighted by molar-refractivity contribution is 7.89. The smallest absolute Gasteiger partial charge is 0.242 e. The first kappa shape index (κ1) is 17.5. The summed E-state index contributed by atoms with van der Waals surface area (Å²) in [4.78, 5) is 11.8. The van der Waals surface area contributed by atoms with Crippen LogP contribution in [-0.2, 0) is 14.8 Å². The van der Waals surface area contributed by atoms with E-state index in [2.05, 4.69) is 15.4 Å². The van der Waals surface area contributed by atoms with Gasteiger partial charge in [-0.25, -0.2) is 13.1 Å². The summed E-state index contributed by atoms with van der Waals surface area (Å²) in [7, 11) is -3.61. The normalized spacial score (nSPS) is 11.7. The van der Waals surface area contributed by atoms with Crippen LogP contribution in [0.1, 0.15) is 27.7 Å². The average molecular weight is 313 g/mol. The Kier molecular flexibility index (Phi) is 6.17. The second-order valence-electron chi connectivity index (χ2n) is 5.35. The molecule has 1 amide bonds. The topological polar surface area (TPSA) is 87.3 Å². The van der Waals surface area contributed by atoms with Crippen molar-refractivity contribution in [3.63, 3.8) is 0 Å². The second kappa shape index (κ2) is 7.42. The Labute approximate surface area is 126 Å². The zero-order valence-electron chi connectivity index (χ0n) is 12.8. The summed E-state index contributed by atoms with van der Waals surface area (Å²) < 4.78 is 27.0. The van der Waals surface area contributed by atoms with Crippen molar-refractivity contribution >= 4 is 21.6 Å². The Balaban J connectivity index is 2.88. The van der Waals surface area contributed by atoms with Crippen LogP contribution in [0.15, 0.2) is 29.2 Å². The van der Waals surface area contributed by atoms with Crippen LogP contribution >= 0.6 is 0 Å². The Morgan fingerprint density at radius 2 is 1.71 bits per heavy atom. The molecule has 118 valence electrons. The van der Waals surface area contributed by atoms with E-state index in [1.165, 1.54) is 6.07 Å². The van der Waals surface area contributed by atoms with Gasteiger partial charge in [0.15, 0.2) is 0 Å². The molecule has 0 aliphatic carbocycles. The van der Waals surface area contributed by atoms with Gasteiger partial charge in [-0.1, -0.05) is 12.1 Å². The largest absolute Gasteiger partial charge is 0.375 e. The number of carbonyl (C=O) groups is 1. The lowest BCUT2D eigenvalue weighted by atomic mass is 10.3. The Morgan fingerprint density at radius 1 is 1.10 bits per heavy atom. The molecule has 0 bridgehead atoms. The lowest BCUT2D eigenvalue weighted by Gasteiger charge is -2.15. The summed E-state index contributed by atoms with van der Waals surface area (Å²) in [5.74, 6) is -0.186. The van der Waals surface area contributed by atoms with Crippen LogP contribution in [0.2, 0.25) is 0 Å². The summed E-state index contributed by atoms with van der Waals surface area (Å²) in [6.07, 6.45) is 0. The maximum atomic E-state index is 12.2. The van der Waals surface area contributed by atoms with Crippen LogP contribution in [0.4, 0.5) is 5.69 Å². The SMILES string of the molecule is CC(C)NC(=O)CNc1ccccc1S(=O)(=O)NC(C)C. The molecule has 1 aromatic rings. The number of sulfonamides is 1. The lowest BCUT2D eigenvalue weighted by Crippen LogP contribution is -2.35. The molecule has 0 saturated carbocycles. The number of nitrogens with one attached hydrogen (secondary N) is 3. The first-order chi connectivity index (χ1) is 9.72. The molecular weight excluding hydrogens is 290 g/mol. The highest BCUT2D eigenvalue weighted by atomic mass is 32.2. The number of rotatable bonds is 7. The van der Waals surface area contributed by atoms with Crippen molar-refractivity contribution in [3.05, 3.63) is 24.3 Å². The molecule has 0 radical (unpaired) electrons. The number of amides is 1. The summed E-state index contributed by atoms with van der Waals surface area (Å²) in [5.41, 5.74) is 0.407. The molecule has 0 saturated heterocycles. The first-order valence-corrected chi connectivity index (χ1v) is 8.35. The summed E-state index contributed by atoms with van der Waals surface area (Å²) in [6, 6.07) is 6.35. The predicted octanol–water partition coefficient (Wildman–Crippen LogP) is 1.31. The minimum Gasteiger partial charge on any atom is -0.375 e. The second-order valence-corrected chi connectivity index (χ2v) is 7.03. The van der Waals surface area contributed by atoms with Crippen molar-refractivity contribution in [2.24, 2.45) is 0 Å². The molecule has 7 heteroatoms. The third kappa shape index (κ3) is 5.73. The van der Waals surface area contributed by atoms with Crippen LogP contribution in [0.3, 0.4) is 0 Å². The molecule has 21 heavy (non-hydrogen) atoms. The van der Waals surface area contributed by atoms with E-state index in [9.17, 15) is 13.2 Å². The van der Waals surface area contributed by atoms with Gasteiger partial charge in [-0.2, -0.15) is 0 Å². The number of carbonyl (C=O) groups excluding carboxylic acids is 1. The lowest BCUT2D eigenvalue weighted by molar-refractivity contribution is -0.119. The van der Waals surface area contributed by atoms with Crippen LogP contribution < -0.4 is 15.4 Å². The summed E-state index contributed by atoms with van der Waals surface area (Å²) in [6.45, 7) is 7.26. The molecule has 0 spiro atoms. The molecule has 0 unspecified atom stereocenters. The van der Waals surface area contributed by atoms with Gasteiger partial charge >= 0.3 is 0 Å². The van der Waals surface area contributed by atoms with Crippen molar-refractivity contribution in [2.75, 3.05) is 11.9 Å². The Hall–Kier alpha value is -1.60. The molecule has 0 fully saturated rings. The quantitative estimate of drug-likeness (QED) is 0.708. The van der Waals surface area contributed by atoms with E-state index in [0.717, 1.165) is 0 Å². The number of hydrogen-bond donors (Lipinski definition) is 3. The van der Waals surface area contributed by atoms with Crippen LogP contribution in [0, 0.1) is 0 Å². The molecule has 3 N–H and O–H groups in total. The van der Waals surface area contributed by atoms with Gasteiger partial charge in [-0.3, -0.25) is 4.79 Å². The summed E-state index contributed by atoms with van der Waals surface area (Å²) >= 11 is 0. The van der Waals surface area contributed by atoms with Gasteiger partial charge in [0.2, 0.25) is 15.9 Å². The number of para-hydroxylation sites is 1. The van der Waals surface area contributed by atoms with Crippen LogP contribution in [0.5, 0.6) is 0 Å². The molecule has 0 aliphatic rings. The third-order valence-electron chi connectivity index (χ3n) is 2.46. The Bertz CT molecular complexity index is 583. The number of hydrogen-bond acceptors (Lipinski definition) is 4. The van der Waals surface area contributed by atoms with Crippen molar-refractivity contribution in [1.82, 2.24) is 10.0 Å². The number of benzene rings is 1. The van der Waals surface area contributed by atoms with E-state index >= 15 is 0 Å². The monoisotopic (exact) mass is 313 g/mol. The Morgan fingerprint density at radius 3 is 2.29 bits per heavy atom. The van der Waals surface area contributed by atoms with Gasteiger partial charge in [0, 0.05) is 12.1 Å². The molecule has 0 aromatic heterocycles. The highest BCUT2D eigenvalue weighted by Gasteiger charge is 2.19. The maximum absolute atomic E-state index is 12.2. The molecule has 1 rings (SSSR count). The van der Waals surface area contributed by atoms with Crippen molar-refractivity contribution in [1.29, 1.82) is 0 Å². The molecule has 0 heterocycles. The van der Waals surface area contributed by atoms with Gasteiger partial charge in [-0.05, 0) is 39.8 Å².